The van der Waals surface area contributed by atoms with Gasteiger partial charge in [-0.15, -0.1) is 11.6 Å². The Kier molecular flexibility index (Phi) is 2.73. The van der Waals surface area contributed by atoms with Gasteiger partial charge in [0.05, 0.1) is 5.88 Å². The maximum atomic E-state index is 13.3. The summed E-state index contributed by atoms with van der Waals surface area (Å²) in [5, 5.41) is 3.80. The smallest absolute Gasteiger partial charge is 0.152 e. The average molecular weight is 226 g/mol. The van der Waals surface area contributed by atoms with Gasteiger partial charge in [0.1, 0.15) is 11.5 Å². The number of aryl methyl sites for hydroxylation is 1. The van der Waals surface area contributed by atoms with Crippen LogP contribution in [0.25, 0.3) is 11.3 Å². The summed E-state index contributed by atoms with van der Waals surface area (Å²) >= 11 is 5.58. The second-order valence-electron chi connectivity index (χ2n) is 3.28. The summed E-state index contributed by atoms with van der Waals surface area (Å²) in [4.78, 5) is 0. The maximum absolute atomic E-state index is 13.3. The van der Waals surface area contributed by atoms with E-state index in [0.29, 0.717) is 22.6 Å². The molecule has 0 fully saturated rings. The zero-order chi connectivity index (χ0) is 10.8. The molecule has 0 aliphatic heterocycles. The van der Waals surface area contributed by atoms with Gasteiger partial charge in [-0.25, -0.2) is 4.39 Å². The Hall–Kier alpha value is -1.35. The third-order valence-corrected chi connectivity index (χ3v) is 2.42. The summed E-state index contributed by atoms with van der Waals surface area (Å²) in [7, 11) is 0. The summed E-state index contributed by atoms with van der Waals surface area (Å²) < 4.78 is 18.2. The van der Waals surface area contributed by atoms with Crippen molar-refractivity contribution in [1.82, 2.24) is 5.16 Å². The summed E-state index contributed by atoms with van der Waals surface area (Å²) in [6.45, 7) is 1.71. The molecule has 1 aromatic carbocycles. The first-order valence-corrected chi connectivity index (χ1v) is 5.02. The highest BCUT2D eigenvalue weighted by molar-refractivity contribution is 6.16. The molecular weight excluding hydrogens is 217 g/mol. The lowest BCUT2D eigenvalue weighted by molar-refractivity contribution is 0.396. The maximum Gasteiger partial charge on any atom is 0.152 e. The normalized spacial score (nSPS) is 10.6. The van der Waals surface area contributed by atoms with Crippen molar-refractivity contribution in [1.29, 1.82) is 0 Å². The molecule has 1 aromatic heterocycles. The van der Waals surface area contributed by atoms with E-state index in [9.17, 15) is 4.39 Å². The van der Waals surface area contributed by atoms with Gasteiger partial charge in [0.15, 0.2) is 5.76 Å². The lowest BCUT2D eigenvalue weighted by Crippen LogP contribution is -1.84. The molecule has 15 heavy (non-hydrogen) atoms. The molecule has 0 saturated heterocycles. The van der Waals surface area contributed by atoms with Gasteiger partial charge in [-0.05, 0) is 18.6 Å². The van der Waals surface area contributed by atoms with Crippen LogP contribution in [0.2, 0.25) is 0 Å². The van der Waals surface area contributed by atoms with Crippen molar-refractivity contribution in [3.8, 4) is 11.3 Å². The Bertz CT molecular complexity index is 481. The van der Waals surface area contributed by atoms with Crippen molar-refractivity contribution in [3.05, 3.63) is 41.4 Å². The standard InChI is InChI=1S/C11H9ClFNO/c1-7-2-3-8(4-10(7)13)11-5-9(6-12)15-14-11/h2-5H,6H2,1H3. The topological polar surface area (TPSA) is 26.0 Å². The number of nitrogens with zero attached hydrogens (tertiary/aromatic N) is 1. The lowest BCUT2D eigenvalue weighted by Gasteiger charge is -1.98. The van der Waals surface area contributed by atoms with Crippen molar-refractivity contribution < 1.29 is 8.91 Å². The van der Waals surface area contributed by atoms with Crippen molar-refractivity contribution in [2.75, 3.05) is 0 Å². The predicted molar refractivity (Wildman–Crippen MR) is 56.2 cm³/mol. The Morgan fingerprint density at radius 1 is 1.40 bits per heavy atom. The first kappa shape index (κ1) is 10.2. The number of benzene rings is 1. The SMILES string of the molecule is Cc1ccc(-c2cc(CCl)on2)cc1F. The zero-order valence-corrected chi connectivity index (χ0v) is 8.88. The van der Waals surface area contributed by atoms with Gasteiger partial charge in [0.25, 0.3) is 0 Å². The number of rotatable bonds is 2. The Balaban J connectivity index is 2.40. The number of halogens is 2. The fraction of sp³-hybridized carbons (Fsp3) is 0.182. The quantitative estimate of drug-likeness (QED) is 0.731. The Labute approximate surface area is 91.7 Å². The van der Waals surface area contributed by atoms with Gasteiger partial charge in [-0.3, -0.25) is 0 Å². The molecule has 0 N–H and O–H groups in total. The van der Waals surface area contributed by atoms with Crippen LogP contribution in [0.15, 0.2) is 28.8 Å². The van der Waals surface area contributed by atoms with Crippen molar-refractivity contribution in [3.63, 3.8) is 0 Å². The van der Waals surface area contributed by atoms with Crippen LogP contribution in [-0.4, -0.2) is 5.16 Å². The molecule has 0 aliphatic carbocycles. The van der Waals surface area contributed by atoms with Gasteiger partial charge in [0.2, 0.25) is 0 Å². The van der Waals surface area contributed by atoms with Crippen molar-refractivity contribution >= 4 is 11.6 Å². The summed E-state index contributed by atoms with van der Waals surface area (Å²) in [5.74, 6) is 0.594. The summed E-state index contributed by atoms with van der Waals surface area (Å²) in [6, 6.07) is 6.65. The molecule has 0 unspecified atom stereocenters. The van der Waals surface area contributed by atoms with Gasteiger partial charge in [-0.1, -0.05) is 17.3 Å². The van der Waals surface area contributed by atoms with Crippen molar-refractivity contribution in [2.24, 2.45) is 0 Å². The van der Waals surface area contributed by atoms with Crippen LogP contribution in [-0.2, 0) is 5.88 Å². The highest BCUT2D eigenvalue weighted by atomic mass is 35.5. The predicted octanol–water partition coefficient (Wildman–Crippen LogP) is 3.53. The molecule has 2 nitrogen and oxygen atoms in total. The molecule has 2 rings (SSSR count). The minimum absolute atomic E-state index is 0.247. The van der Waals surface area contributed by atoms with E-state index in [2.05, 4.69) is 5.16 Å². The van der Waals surface area contributed by atoms with Crippen LogP contribution >= 0.6 is 11.6 Å². The van der Waals surface area contributed by atoms with Crippen LogP contribution in [0, 0.1) is 12.7 Å². The molecule has 0 atom stereocenters. The fourth-order valence-corrected chi connectivity index (χ4v) is 1.39. The van der Waals surface area contributed by atoms with Crippen LogP contribution in [0.5, 0.6) is 0 Å². The molecule has 78 valence electrons. The summed E-state index contributed by atoms with van der Waals surface area (Å²) in [5.41, 5.74) is 1.91. The van der Waals surface area contributed by atoms with E-state index in [1.165, 1.54) is 6.07 Å². The number of hydrogen-bond acceptors (Lipinski definition) is 2. The Morgan fingerprint density at radius 2 is 2.20 bits per heavy atom. The van der Waals surface area contributed by atoms with E-state index >= 15 is 0 Å². The number of hydrogen-bond donors (Lipinski definition) is 0. The molecule has 0 spiro atoms. The van der Waals surface area contributed by atoms with Crippen LogP contribution in [0.4, 0.5) is 4.39 Å². The lowest BCUT2D eigenvalue weighted by atomic mass is 10.1. The molecule has 4 heteroatoms. The van der Waals surface area contributed by atoms with Crippen LogP contribution in [0.1, 0.15) is 11.3 Å². The highest BCUT2D eigenvalue weighted by Gasteiger charge is 2.07. The number of aromatic nitrogens is 1. The van der Waals surface area contributed by atoms with Gasteiger partial charge in [-0.2, -0.15) is 0 Å². The van der Waals surface area contributed by atoms with E-state index in [1.54, 1.807) is 25.1 Å². The minimum atomic E-state index is -0.247. The molecule has 2 aromatic rings. The number of alkyl halides is 1. The first-order chi connectivity index (χ1) is 7.20. The molecule has 0 saturated carbocycles. The van der Waals surface area contributed by atoms with Crippen molar-refractivity contribution in [2.45, 2.75) is 12.8 Å². The Morgan fingerprint density at radius 3 is 2.80 bits per heavy atom. The second-order valence-corrected chi connectivity index (χ2v) is 3.54. The summed E-state index contributed by atoms with van der Waals surface area (Å²) in [6.07, 6.45) is 0. The minimum Gasteiger partial charge on any atom is -0.359 e. The second kappa shape index (κ2) is 4.03. The van der Waals surface area contributed by atoms with E-state index < -0.39 is 0 Å². The molecule has 0 bridgehead atoms. The monoisotopic (exact) mass is 225 g/mol. The third-order valence-electron chi connectivity index (χ3n) is 2.16. The van der Waals surface area contributed by atoms with Gasteiger partial charge < -0.3 is 4.52 Å². The largest absolute Gasteiger partial charge is 0.359 e. The van der Waals surface area contributed by atoms with E-state index in [-0.39, 0.29) is 11.7 Å². The van der Waals surface area contributed by atoms with Crippen LogP contribution in [0.3, 0.4) is 0 Å². The van der Waals surface area contributed by atoms with Gasteiger partial charge in [0, 0.05) is 11.6 Å². The molecule has 0 aliphatic rings. The van der Waals surface area contributed by atoms with Crippen LogP contribution < -0.4 is 0 Å². The van der Waals surface area contributed by atoms with Gasteiger partial charge >= 0.3 is 0 Å². The van der Waals surface area contributed by atoms with E-state index in [0.717, 1.165) is 0 Å². The molecule has 0 amide bonds. The van der Waals surface area contributed by atoms with E-state index in [4.69, 9.17) is 16.1 Å². The molecule has 1 heterocycles. The average Bonchev–Trinajstić information content (AvgIpc) is 2.70. The fourth-order valence-electron chi connectivity index (χ4n) is 1.26. The highest BCUT2D eigenvalue weighted by Crippen LogP contribution is 2.22. The molecular formula is C11H9ClFNO. The first-order valence-electron chi connectivity index (χ1n) is 4.49. The van der Waals surface area contributed by atoms with E-state index in [1.807, 2.05) is 0 Å². The third kappa shape index (κ3) is 2.02. The zero-order valence-electron chi connectivity index (χ0n) is 8.13. The molecule has 0 radical (unpaired) electrons.